The van der Waals surface area contributed by atoms with Gasteiger partial charge in [0.05, 0.1) is 40.6 Å². The minimum Gasteiger partial charge on any atom is -0.378 e. The number of hydrogen-bond donors (Lipinski definition) is 0. The van der Waals surface area contributed by atoms with Gasteiger partial charge in [-0.05, 0) is 24.3 Å². The molecule has 4 rings (SSSR count). The van der Waals surface area contributed by atoms with Gasteiger partial charge >= 0.3 is 0 Å². The number of non-ortho nitro benzene ring substituents is 1. The van der Waals surface area contributed by atoms with Crippen molar-refractivity contribution in [2.75, 3.05) is 62.3 Å². The average molecular weight is 456 g/mol. The van der Waals surface area contributed by atoms with Crippen LogP contribution in [0.15, 0.2) is 36.4 Å². The average Bonchev–Trinajstić information content (AvgIpc) is 2.83. The van der Waals surface area contributed by atoms with Crippen molar-refractivity contribution >= 4 is 34.6 Å². The quantitative estimate of drug-likeness (QED) is 0.515. The number of nitriles is 1. The molecule has 0 radical (unpaired) electrons. The highest BCUT2D eigenvalue weighted by Crippen LogP contribution is 2.29. The van der Waals surface area contributed by atoms with Crippen molar-refractivity contribution in [2.24, 2.45) is 0 Å². The second kappa shape index (κ2) is 9.42. The molecule has 0 spiro atoms. The number of ether oxygens (including phenoxy) is 1. The molecule has 0 bridgehead atoms. The zero-order chi connectivity index (χ0) is 22.7. The van der Waals surface area contributed by atoms with Crippen LogP contribution in [0.5, 0.6) is 0 Å². The highest BCUT2D eigenvalue weighted by atomic mass is 35.5. The van der Waals surface area contributed by atoms with Crippen LogP contribution in [-0.2, 0) is 4.74 Å². The summed E-state index contributed by atoms with van der Waals surface area (Å²) >= 11 is 6.00. The number of nitro groups is 1. The van der Waals surface area contributed by atoms with E-state index in [9.17, 15) is 20.2 Å². The topological polar surface area (TPSA) is 103 Å². The molecule has 0 atom stereocenters. The molecule has 10 heteroatoms. The number of anilines is 2. The van der Waals surface area contributed by atoms with E-state index < -0.39 is 4.92 Å². The van der Waals surface area contributed by atoms with Crippen molar-refractivity contribution in [2.45, 2.75) is 0 Å². The van der Waals surface area contributed by atoms with Gasteiger partial charge in [-0.1, -0.05) is 11.6 Å². The molecule has 0 unspecified atom stereocenters. The van der Waals surface area contributed by atoms with Crippen molar-refractivity contribution < 1.29 is 14.5 Å². The summed E-state index contributed by atoms with van der Waals surface area (Å²) < 4.78 is 5.40. The van der Waals surface area contributed by atoms with Crippen LogP contribution in [0.2, 0.25) is 5.02 Å². The first kappa shape index (κ1) is 21.9. The van der Waals surface area contributed by atoms with Gasteiger partial charge in [-0.15, -0.1) is 0 Å². The van der Waals surface area contributed by atoms with Crippen LogP contribution in [-0.4, -0.2) is 68.2 Å². The molecule has 9 nitrogen and oxygen atoms in total. The van der Waals surface area contributed by atoms with Crippen molar-refractivity contribution in [1.29, 1.82) is 5.26 Å². The summed E-state index contributed by atoms with van der Waals surface area (Å²) in [6.07, 6.45) is 0. The maximum absolute atomic E-state index is 13.4. The first-order chi connectivity index (χ1) is 15.5. The normalized spacial score (nSPS) is 16.6. The third kappa shape index (κ3) is 4.47. The highest BCUT2D eigenvalue weighted by molar-refractivity contribution is 6.30. The number of hydrogen-bond acceptors (Lipinski definition) is 7. The Balaban J connectivity index is 1.54. The molecule has 2 aromatic rings. The molecule has 2 saturated heterocycles. The summed E-state index contributed by atoms with van der Waals surface area (Å²) in [5.41, 5.74) is 2.19. The summed E-state index contributed by atoms with van der Waals surface area (Å²) in [6.45, 7) is 4.32. The second-order valence-electron chi connectivity index (χ2n) is 7.61. The molecule has 2 aromatic carbocycles. The maximum Gasteiger partial charge on any atom is 0.270 e. The highest BCUT2D eigenvalue weighted by Gasteiger charge is 2.28. The number of morpholine rings is 1. The van der Waals surface area contributed by atoms with Gasteiger partial charge in [-0.25, -0.2) is 0 Å². The molecule has 32 heavy (non-hydrogen) atoms. The molecule has 166 valence electrons. The Morgan fingerprint density at radius 3 is 2.31 bits per heavy atom. The Hall–Kier alpha value is -3.35. The van der Waals surface area contributed by atoms with Gasteiger partial charge in [0.25, 0.3) is 11.6 Å². The van der Waals surface area contributed by atoms with E-state index in [0.717, 1.165) is 5.69 Å². The zero-order valence-corrected chi connectivity index (χ0v) is 18.1. The lowest BCUT2D eigenvalue weighted by atomic mass is 10.1. The summed E-state index contributed by atoms with van der Waals surface area (Å²) in [7, 11) is 0. The smallest absolute Gasteiger partial charge is 0.270 e. The van der Waals surface area contributed by atoms with E-state index in [1.807, 2.05) is 11.0 Å². The molecule has 2 aliphatic rings. The van der Waals surface area contributed by atoms with E-state index in [1.54, 1.807) is 23.1 Å². The number of nitro benzene ring substituents is 1. The zero-order valence-electron chi connectivity index (χ0n) is 17.4. The Morgan fingerprint density at radius 2 is 1.66 bits per heavy atom. The van der Waals surface area contributed by atoms with Gasteiger partial charge in [0.15, 0.2) is 0 Å². The molecule has 0 N–H and O–H groups in total. The number of carbonyl (C=O) groups is 1. The van der Waals surface area contributed by atoms with Crippen molar-refractivity contribution in [3.8, 4) is 6.07 Å². The lowest BCUT2D eigenvalue weighted by Gasteiger charge is -2.37. The maximum atomic E-state index is 13.4. The molecule has 0 saturated carbocycles. The van der Waals surface area contributed by atoms with Gasteiger partial charge in [0.2, 0.25) is 0 Å². The number of halogens is 1. The molecular formula is C22H22ClN5O4. The summed E-state index contributed by atoms with van der Waals surface area (Å²) in [5.74, 6) is -0.230. The Bertz CT molecular complexity index is 1070. The van der Waals surface area contributed by atoms with E-state index >= 15 is 0 Å². The van der Waals surface area contributed by atoms with Crippen molar-refractivity contribution in [3.63, 3.8) is 0 Å². The molecule has 1 amide bonds. The van der Waals surface area contributed by atoms with Gasteiger partial charge < -0.3 is 19.4 Å². The number of benzene rings is 2. The van der Waals surface area contributed by atoms with E-state index in [0.29, 0.717) is 74.3 Å². The molecule has 2 fully saturated rings. The Labute approximate surface area is 190 Å². The fraction of sp³-hybridized carbons (Fsp3) is 0.364. The fourth-order valence-electron chi connectivity index (χ4n) is 4.08. The van der Waals surface area contributed by atoms with E-state index in [1.165, 1.54) is 12.1 Å². The van der Waals surface area contributed by atoms with E-state index in [-0.39, 0.29) is 11.6 Å². The molecular weight excluding hydrogens is 434 g/mol. The third-order valence-corrected chi connectivity index (χ3v) is 5.99. The second-order valence-corrected chi connectivity index (χ2v) is 8.05. The van der Waals surface area contributed by atoms with Gasteiger partial charge in [-0.2, -0.15) is 5.26 Å². The van der Waals surface area contributed by atoms with Crippen LogP contribution in [0.25, 0.3) is 0 Å². The van der Waals surface area contributed by atoms with Crippen LogP contribution in [0.1, 0.15) is 15.9 Å². The summed E-state index contributed by atoms with van der Waals surface area (Å²) in [5, 5.41) is 21.2. The number of rotatable bonds is 4. The molecule has 0 aliphatic carbocycles. The Morgan fingerprint density at radius 1 is 1.00 bits per heavy atom. The van der Waals surface area contributed by atoms with Gasteiger partial charge in [-0.3, -0.25) is 14.9 Å². The van der Waals surface area contributed by atoms with Crippen LogP contribution >= 0.6 is 11.6 Å². The van der Waals surface area contributed by atoms with Crippen LogP contribution in [0.3, 0.4) is 0 Å². The third-order valence-electron chi connectivity index (χ3n) is 5.76. The van der Waals surface area contributed by atoms with E-state index in [4.69, 9.17) is 16.3 Å². The number of nitrogens with zero attached hydrogens (tertiary/aromatic N) is 5. The SMILES string of the molecule is N#Cc1cc(Cl)ccc1N1CCN(C(=O)c2cc([N+](=O)[O-])ccc2N2CCOCC2)CC1. The first-order valence-electron chi connectivity index (χ1n) is 10.3. The largest absolute Gasteiger partial charge is 0.378 e. The number of amides is 1. The predicted octanol–water partition coefficient (Wildman–Crippen LogP) is 2.92. The van der Waals surface area contributed by atoms with E-state index in [2.05, 4.69) is 11.0 Å². The summed E-state index contributed by atoms with van der Waals surface area (Å²) in [4.78, 5) is 30.0. The van der Waals surface area contributed by atoms with Gasteiger partial charge in [0.1, 0.15) is 6.07 Å². The summed E-state index contributed by atoms with van der Waals surface area (Å²) in [6, 6.07) is 11.8. The van der Waals surface area contributed by atoms with Crippen molar-refractivity contribution in [1.82, 2.24) is 4.90 Å². The lowest BCUT2D eigenvalue weighted by Crippen LogP contribution is -2.49. The monoisotopic (exact) mass is 455 g/mol. The van der Waals surface area contributed by atoms with Gasteiger partial charge in [0, 0.05) is 56.4 Å². The number of piperazine rings is 1. The fourth-order valence-corrected chi connectivity index (χ4v) is 4.26. The van der Waals surface area contributed by atoms with Crippen LogP contribution in [0, 0.1) is 21.4 Å². The minimum atomic E-state index is -0.484. The molecule has 2 heterocycles. The number of carbonyl (C=O) groups excluding carboxylic acids is 1. The van der Waals surface area contributed by atoms with Crippen LogP contribution < -0.4 is 9.80 Å². The lowest BCUT2D eigenvalue weighted by molar-refractivity contribution is -0.384. The predicted molar refractivity (Wildman–Crippen MR) is 120 cm³/mol. The van der Waals surface area contributed by atoms with Crippen molar-refractivity contribution in [3.05, 3.63) is 62.7 Å². The minimum absolute atomic E-state index is 0.108. The molecule has 2 aliphatic heterocycles. The van der Waals surface area contributed by atoms with Crippen LogP contribution in [0.4, 0.5) is 17.1 Å². The Kier molecular flexibility index (Phi) is 6.44. The first-order valence-corrected chi connectivity index (χ1v) is 10.7. The standard InChI is InChI=1S/C22H22ClN5O4/c23-17-1-3-20(16(13-17)15-24)25-5-7-27(8-6-25)22(29)19-14-18(28(30)31)2-4-21(19)26-9-11-32-12-10-26/h1-4,13-14H,5-12H2. The molecule has 0 aromatic heterocycles.